The Morgan fingerprint density at radius 2 is 0.904 bits per heavy atom. The SMILES string of the molecule is CC(=O)CN(CC(=O)O)C(CCCCCC(=O)CCOCC(COCCC(=O)CCCCCC(C(=O)O)N(CC(=O)O)CC(=O)O)(COCCC(=O)NCCCCC(C(=O)O)N(CC(=O)O)CC(=O)O)CC(=O)CCOCCOCCOCCNC(=O)CC[n+]1ccc(/C=C/C=C2\Sc3ccccc3N2C)c2ccccc21)C(=O)O. The summed E-state index contributed by atoms with van der Waals surface area (Å²) in [5, 5.41) is 83.5. The van der Waals surface area contributed by atoms with Crippen LogP contribution in [-0.2, 0) is 102 Å². The number of rotatable bonds is 69. The predicted octanol–water partition coefficient (Wildman–Crippen LogP) is 4.94. The van der Waals surface area contributed by atoms with E-state index < -0.39 is 116 Å². The Balaban J connectivity index is 1.34. The number of nitrogens with one attached hydrogen (secondary N) is 2. The third kappa shape index (κ3) is 40.6. The predicted molar refractivity (Wildman–Crippen MR) is 416 cm³/mol. The molecule has 4 atom stereocenters. The van der Waals surface area contributed by atoms with Gasteiger partial charge in [0.25, 0.3) is 0 Å². The number of aliphatic carboxylic acids is 8. The minimum atomic E-state index is -1.43. The normalized spacial score (nSPS) is 13.7. The number of hydrogen-bond acceptors (Lipinski definition) is 25. The molecule has 0 bridgehead atoms. The van der Waals surface area contributed by atoms with Crippen molar-refractivity contribution in [1.82, 2.24) is 25.3 Å². The fourth-order valence-electron chi connectivity index (χ4n) is 12.7. The lowest BCUT2D eigenvalue weighted by Gasteiger charge is -2.33. The molecular weight excluding hydrogens is 1530 g/mol. The molecule has 1 aliphatic rings. The maximum Gasteiger partial charge on any atom is 0.320 e. The molecular formula is C79H112N7O28S+. The molecule has 10 N–H and O–H groups in total. The third-order valence-corrected chi connectivity index (χ3v) is 19.6. The van der Waals surface area contributed by atoms with Crippen molar-refractivity contribution in [3.05, 3.63) is 83.5 Å². The van der Waals surface area contributed by atoms with Crippen LogP contribution in [0.2, 0.25) is 0 Å². The van der Waals surface area contributed by atoms with E-state index in [1.807, 2.05) is 48.7 Å². The lowest BCUT2D eigenvalue weighted by Crippen LogP contribution is -2.46. The number of unbranched alkanes of at least 4 members (excludes halogenated alkanes) is 5. The highest BCUT2D eigenvalue weighted by molar-refractivity contribution is 8.03. The van der Waals surface area contributed by atoms with E-state index in [-0.39, 0.29) is 212 Å². The zero-order valence-electron chi connectivity index (χ0n) is 65.4. The molecule has 0 saturated heterocycles. The number of Topliss-reactive ketones (excluding diaryl/α,β-unsaturated/α-hetero) is 4. The summed E-state index contributed by atoms with van der Waals surface area (Å²) in [6, 6.07) is 14.3. The van der Waals surface area contributed by atoms with Crippen LogP contribution in [0.3, 0.4) is 0 Å². The summed E-state index contributed by atoms with van der Waals surface area (Å²) < 4.78 is 37.4. The van der Waals surface area contributed by atoms with Crippen molar-refractivity contribution in [2.45, 2.75) is 158 Å². The van der Waals surface area contributed by atoms with E-state index >= 15 is 0 Å². The van der Waals surface area contributed by atoms with E-state index in [9.17, 15) is 108 Å². The maximum absolute atomic E-state index is 14.0. The van der Waals surface area contributed by atoms with E-state index in [1.54, 1.807) is 11.8 Å². The van der Waals surface area contributed by atoms with E-state index in [1.165, 1.54) is 17.5 Å². The minimum absolute atomic E-state index is 0.0181. The van der Waals surface area contributed by atoms with Crippen LogP contribution < -0.4 is 20.1 Å². The number of anilines is 1. The largest absolute Gasteiger partial charge is 0.480 e. The molecule has 36 heteroatoms. The third-order valence-electron chi connectivity index (χ3n) is 18.4. The smallest absolute Gasteiger partial charge is 0.320 e. The van der Waals surface area contributed by atoms with Gasteiger partial charge in [0.05, 0.1) is 141 Å². The Morgan fingerprint density at radius 3 is 1.41 bits per heavy atom. The Labute approximate surface area is 671 Å². The average molecular weight is 1640 g/mol. The molecule has 2 aromatic carbocycles. The number of carboxylic acid groups (broad SMARTS) is 8. The van der Waals surface area contributed by atoms with Crippen LogP contribution in [-0.4, -0.2) is 295 Å². The monoisotopic (exact) mass is 1640 g/mol. The Morgan fingerprint density at radius 1 is 0.470 bits per heavy atom. The number of fused-ring (bicyclic) bond motifs is 2. The lowest BCUT2D eigenvalue weighted by molar-refractivity contribution is -0.670. The number of aromatic nitrogens is 1. The number of carbonyl (C=O) groups excluding carboxylic acids is 6. The second-order valence-corrected chi connectivity index (χ2v) is 28.9. The van der Waals surface area contributed by atoms with Gasteiger partial charge in [-0.05, 0) is 81.7 Å². The van der Waals surface area contributed by atoms with Gasteiger partial charge in [-0.2, -0.15) is 4.57 Å². The van der Waals surface area contributed by atoms with Crippen LogP contribution in [0.25, 0.3) is 17.0 Å². The van der Waals surface area contributed by atoms with Gasteiger partial charge in [-0.3, -0.25) is 81.8 Å². The van der Waals surface area contributed by atoms with Gasteiger partial charge in [0, 0.05) is 87.5 Å². The fraction of sp³-hybridized carbons (Fsp3) is 0.582. The molecule has 2 heterocycles. The average Bonchev–Trinajstić information content (AvgIpc) is 1.64. The Bertz CT molecular complexity index is 3490. The van der Waals surface area contributed by atoms with Crippen LogP contribution in [0.1, 0.15) is 134 Å². The number of pyridine rings is 1. The number of amides is 2. The van der Waals surface area contributed by atoms with Crippen LogP contribution in [0.15, 0.2) is 82.9 Å². The van der Waals surface area contributed by atoms with Crippen molar-refractivity contribution >= 4 is 117 Å². The van der Waals surface area contributed by atoms with E-state index in [0.717, 1.165) is 36.2 Å². The summed E-state index contributed by atoms with van der Waals surface area (Å²) in [6.45, 7) is -2.74. The number of hydrogen-bond donors (Lipinski definition) is 10. The standard InChI is InChI=1S/C79H111N7O28S/c1-56(87)47-84(48-71(93)94)64(76(103)104)22-7-3-5-17-58(88)29-38-112-53-79(54-113-39-30-59(89)18-6-4-8-23-65(77(105)106)85(49-72(95)96)50-73(97)98,55-114-40-32-69(92)80-33-14-13-24-66(78(107)108)86(51-74(99)100)52-75(101)102)46-60(90)31-37-109-42-44-111-45-43-110-41-34-81-68(91)28-36-83-35-27-57(61-19-9-10-20-62(61)83)16-15-26-70-82(2)63-21-11-12-25-67(63)115-70/h9-12,15-16,19-21,25-27,35,64-66H,3-8,13-14,17-18,22-24,28-34,36-55H2,1-2H3,(H9-,80,81,91,92,93,94,95,96,97,98,99,100,101,102,103,104,105,106,107,108)/p+1. The van der Waals surface area contributed by atoms with Crippen molar-refractivity contribution in [2.24, 2.45) is 5.41 Å². The topological polar surface area (TPSA) is 497 Å². The van der Waals surface area contributed by atoms with E-state index in [4.69, 9.17) is 28.4 Å². The quantitative estimate of drug-likeness (QED) is 0.0264. The summed E-state index contributed by atoms with van der Waals surface area (Å²) in [5.74, 6) is -12.9. The number of nitrogens with zero attached hydrogens (tertiary/aromatic N) is 5. The Hall–Kier alpha value is -9.50. The second kappa shape index (κ2) is 55.1. The zero-order chi connectivity index (χ0) is 84.5. The first-order chi connectivity index (χ1) is 55.0. The van der Waals surface area contributed by atoms with Crippen molar-refractivity contribution in [3.8, 4) is 0 Å². The maximum atomic E-state index is 14.0. The van der Waals surface area contributed by atoms with Gasteiger partial charge in [0.1, 0.15) is 41.3 Å². The number of thioether (sulfide) groups is 1. The van der Waals surface area contributed by atoms with E-state index in [0.29, 0.717) is 38.6 Å². The van der Waals surface area contributed by atoms with Gasteiger partial charge >= 0.3 is 47.8 Å². The number of ether oxygens (including phenoxy) is 6. The molecule has 115 heavy (non-hydrogen) atoms. The summed E-state index contributed by atoms with van der Waals surface area (Å²) >= 11 is 1.72. The van der Waals surface area contributed by atoms with Crippen molar-refractivity contribution < 1.29 is 141 Å². The van der Waals surface area contributed by atoms with Crippen molar-refractivity contribution in [1.29, 1.82) is 0 Å². The molecule has 1 aliphatic heterocycles. The van der Waals surface area contributed by atoms with Crippen LogP contribution in [0.5, 0.6) is 0 Å². The number of benzene rings is 2. The van der Waals surface area contributed by atoms with Gasteiger partial charge in [-0.25, -0.2) is 0 Å². The van der Waals surface area contributed by atoms with Crippen molar-refractivity contribution in [2.75, 3.05) is 144 Å². The first kappa shape index (κ1) is 97.9. The van der Waals surface area contributed by atoms with Crippen molar-refractivity contribution in [3.63, 3.8) is 0 Å². The lowest BCUT2D eigenvalue weighted by atomic mass is 9.84. The van der Waals surface area contributed by atoms with Gasteiger partial charge in [0.2, 0.25) is 17.3 Å². The highest BCUT2D eigenvalue weighted by Crippen LogP contribution is 2.44. The first-order valence-electron chi connectivity index (χ1n) is 38.3. The molecule has 3 aromatic rings. The van der Waals surface area contributed by atoms with Crippen LogP contribution in [0.4, 0.5) is 5.69 Å². The highest BCUT2D eigenvalue weighted by atomic mass is 32.2. The zero-order valence-corrected chi connectivity index (χ0v) is 66.2. The summed E-state index contributed by atoms with van der Waals surface area (Å²) in [4.78, 5) is 177. The summed E-state index contributed by atoms with van der Waals surface area (Å²) in [5.41, 5.74) is 1.88. The Kier molecular flexibility index (Phi) is 46.9. The second-order valence-electron chi connectivity index (χ2n) is 27.9. The number of allylic oxidation sites excluding steroid dienone is 2. The molecule has 0 saturated carbocycles. The van der Waals surface area contributed by atoms with Crippen LogP contribution >= 0.6 is 11.8 Å². The molecule has 4 unspecified atom stereocenters. The molecule has 0 radical (unpaired) electrons. The molecule has 0 fully saturated rings. The molecule has 636 valence electrons. The fourth-order valence-corrected chi connectivity index (χ4v) is 13.8. The van der Waals surface area contributed by atoms with Gasteiger partial charge in [-0.15, -0.1) is 0 Å². The number of ketones is 4. The number of aryl methyl sites for hydroxylation is 1. The highest BCUT2D eigenvalue weighted by Gasteiger charge is 2.36. The van der Waals surface area contributed by atoms with Gasteiger partial charge in [-0.1, -0.05) is 73.9 Å². The number of carbonyl (C=O) groups is 14. The van der Waals surface area contributed by atoms with Gasteiger partial charge in [0.15, 0.2) is 12.7 Å². The summed E-state index contributed by atoms with van der Waals surface area (Å²) in [6.07, 6.45) is 9.90. The van der Waals surface area contributed by atoms with Gasteiger partial charge < -0.3 is 84.8 Å². The summed E-state index contributed by atoms with van der Waals surface area (Å²) in [7, 11) is 2.05. The molecule has 0 spiro atoms. The molecule has 2 amide bonds. The number of para-hydroxylation sites is 2. The molecule has 35 nitrogen and oxygen atoms in total. The molecule has 0 aliphatic carbocycles. The molecule has 1 aromatic heterocycles. The minimum Gasteiger partial charge on any atom is -0.480 e. The molecule has 4 rings (SSSR count). The van der Waals surface area contributed by atoms with Crippen LogP contribution in [0, 0.1) is 5.41 Å². The van der Waals surface area contributed by atoms with E-state index in [2.05, 4.69) is 57.5 Å². The number of carboxylic acids is 8. The first-order valence-corrected chi connectivity index (χ1v) is 39.1.